The minimum Gasteiger partial charge on any atom is -0.469 e. The van der Waals surface area contributed by atoms with E-state index in [2.05, 4.69) is 29.0 Å². The predicted octanol–water partition coefficient (Wildman–Crippen LogP) is 5.41. The van der Waals surface area contributed by atoms with Gasteiger partial charge < -0.3 is 14.2 Å². The van der Waals surface area contributed by atoms with Crippen molar-refractivity contribution in [2.75, 3.05) is 21.3 Å². The lowest BCUT2D eigenvalue weighted by atomic mass is 9.89. The van der Waals surface area contributed by atoms with Gasteiger partial charge in [0.1, 0.15) is 11.6 Å². The van der Waals surface area contributed by atoms with Crippen molar-refractivity contribution < 1.29 is 28.6 Å². The number of esters is 1. The quantitative estimate of drug-likeness (QED) is 0.306. The topological polar surface area (TPSA) is 78.9 Å². The Morgan fingerprint density at radius 1 is 0.722 bits per heavy atom. The summed E-state index contributed by atoms with van der Waals surface area (Å²) in [4.78, 5) is 34.0. The third kappa shape index (κ3) is 13.3. The number of ether oxygens (including phenoxy) is 3. The second-order valence-corrected chi connectivity index (χ2v) is 8.92. The van der Waals surface area contributed by atoms with E-state index in [1.54, 1.807) is 28.1 Å². The molecular formula is C30H42O6. The van der Waals surface area contributed by atoms with Gasteiger partial charge in [0.2, 0.25) is 0 Å². The number of aryl methyl sites for hydroxylation is 2. The number of hydrogen-bond donors (Lipinski definition) is 0. The molecule has 0 N–H and O–H groups in total. The molecule has 3 unspecified atom stereocenters. The van der Waals surface area contributed by atoms with E-state index in [0.29, 0.717) is 12.8 Å². The maximum atomic E-state index is 11.8. The molecule has 0 amide bonds. The van der Waals surface area contributed by atoms with Gasteiger partial charge in [-0.2, -0.15) is 0 Å². The molecule has 198 valence electrons. The largest absolute Gasteiger partial charge is 0.469 e. The molecule has 0 fully saturated rings. The van der Waals surface area contributed by atoms with Crippen LogP contribution in [0.5, 0.6) is 0 Å². The van der Waals surface area contributed by atoms with Gasteiger partial charge in [0.05, 0.1) is 19.3 Å². The summed E-state index contributed by atoms with van der Waals surface area (Å²) >= 11 is 0. The second-order valence-electron chi connectivity index (χ2n) is 8.92. The zero-order valence-corrected chi connectivity index (χ0v) is 22.4. The van der Waals surface area contributed by atoms with E-state index in [9.17, 15) is 14.4 Å². The molecule has 2 aromatic carbocycles. The molecule has 0 saturated heterocycles. The average Bonchev–Trinajstić information content (AvgIpc) is 2.89. The molecule has 0 aliphatic heterocycles. The van der Waals surface area contributed by atoms with E-state index in [1.165, 1.54) is 18.2 Å². The van der Waals surface area contributed by atoms with E-state index in [-0.39, 0.29) is 42.1 Å². The fraction of sp³-hybridized carbons (Fsp3) is 0.500. The Morgan fingerprint density at radius 3 is 1.67 bits per heavy atom. The third-order valence-corrected chi connectivity index (χ3v) is 6.17. The molecule has 0 aliphatic rings. The smallest absolute Gasteiger partial charge is 0.305 e. The van der Waals surface area contributed by atoms with Crippen LogP contribution in [-0.2, 0) is 41.4 Å². The highest BCUT2D eigenvalue weighted by atomic mass is 16.5. The fourth-order valence-electron chi connectivity index (χ4n) is 4.06. The highest BCUT2D eigenvalue weighted by Gasteiger charge is 2.26. The van der Waals surface area contributed by atoms with Gasteiger partial charge in [0.25, 0.3) is 0 Å². The molecule has 0 aromatic heterocycles. The number of benzene rings is 2. The minimum atomic E-state index is -0.292. The van der Waals surface area contributed by atoms with Crippen LogP contribution in [-0.4, -0.2) is 51.1 Å². The average molecular weight is 499 g/mol. The summed E-state index contributed by atoms with van der Waals surface area (Å²) in [6.45, 7) is 3.16. The van der Waals surface area contributed by atoms with Gasteiger partial charge in [-0.3, -0.25) is 14.4 Å². The predicted molar refractivity (Wildman–Crippen MR) is 142 cm³/mol. The number of ketones is 2. The van der Waals surface area contributed by atoms with Gasteiger partial charge in [0, 0.05) is 33.0 Å². The summed E-state index contributed by atoms with van der Waals surface area (Å²) in [6, 6.07) is 20.4. The molecule has 0 radical (unpaired) electrons. The van der Waals surface area contributed by atoms with E-state index in [0.717, 1.165) is 25.7 Å². The highest BCUT2D eigenvalue weighted by molar-refractivity contribution is 5.79. The Labute approximate surface area is 216 Å². The number of carbonyl (C=O) groups excluding carboxylic acids is 3. The van der Waals surface area contributed by atoms with Crippen molar-refractivity contribution >= 4 is 17.5 Å². The SMILES string of the molecule is COC(=O)CCC(C(C)=O)C(CCc1ccccc1)OC.COC(CCc1ccccc1)CC(C)=O. The third-order valence-electron chi connectivity index (χ3n) is 6.17. The molecule has 2 rings (SSSR count). The van der Waals surface area contributed by atoms with E-state index >= 15 is 0 Å². The number of hydrogen-bond acceptors (Lipinski definition) is 6. The van der Waals surface area contributed by atoms with E-state index in [1.807, 2.05) is 36.4 Å². The summed E-state index contributed by atoms with van der Waals surface area (Å²) in [7, 11) is 4.64. The number of Topliss-reactive ketones (excluding diaryl/α,β-unsaturated/α-hetero) is 2. The Bertz CT molecular complexity index is 881. The molecule has 0 bridgehead atoms. The van der Waals surface area contributed by atoms with Crippen LogP contribution in [0, 0.1) is 5.92 Å². The number of methoxy groups -OCH3 is 3. The highest BCUT2D eigenvalue weighted by Crippen LogP contribution is 2.21. The van der Waals surface area contributed by atoms with Crippen LogP contribution in [0.1, 0.15) is 57.1 Å². The molecule has 3 atom stereocenters. The Balaban J connectivity index is 0.000000381. The first-order valence-corrected chi connectivity index (χ1v) is 12.5. The van der Waals surface area contributed by atoms with E-state index in [4.69, 9.17) is 9.47 Å². The molecule has 0 spiro atoms. The van der Waals surface area contributed by atoms with Gasteiger partial charge >= 0.3 is 5.97 Å². The summed E-state index contributed by atoms with van der Waals surface area (Å²) in [5, 5.41) is 0. The first kappa shape index (κ1) is 31.2. The van der Waals surface area contributed by atoms with Crippen molar-refractivity contribution in [3.63, 3.8) is 0 Å². The van der Waals surface area contributed by atoms with Crippen LogP contribution in [0.2, 0.25) is 0 Å². The summed E-state index contributed by atoms with van der Waals surface area (Å²) < 4.78 is 15.4. The molecule has 2 aromatic rings. The van der Waals surface area contributed by atoms with Crippen molar-refractivity contribution in [3.8, 4) is 0 Å². The summed E-state index contributed by atoms with van der Waals surface area (Å²) in [6.07, 6.45) is 4.58. The number of carbonyl (C=O) groups is 3. The fourth-order valence-corrected chi connectivity index (χ4v) is 4.06. The molecule has 0 saturated carbocycles. The van der Waals surface area contributed by atoms with Crippen LogP contribution < -0.4 is 0 Å². The first-order valence-electron chi connectivity index (χ1n) is 12.5. The van der Waals surface area contributed by atoms with Crippen LogP contribution in [0.25, 0.3) is 0 Å². The maximum absolute atomic E-state index is 11.8. The first-order chi connectivity index (χ1) is 17.3. The zero-order valence-electron chi connectivity index (χ0n) is 22.4. The lowest BCUT2D eigenvalue weighted by Gasteiger charge is -2.23. The normalized spacial score (nSPS) is 13.0. The second kappa shape index (κ2) is 18.4. The van der Waals surface area contributed by atoms with Crippen LogP contribution in [0.4, 0.5) is 0 Å². The van der Waals surface area contributed by atoms with Crippen LogP contribution >= 0.6 is 0 Å². The van der Waals surface area contributed by atoms with Crippen molar-refractivity contribution in [2.45, 2.75) is 71.0 Å². The van der Waals surface area contributed by atoms with Crippen molar-refractivity contribution in [3.05, 3.63) is 71.8 Å². The maximum Gasteiger partial charge on any atom is 0.305 e. The van der Waals surface area contributed by atoms with Gasteiger partial charge in [-0.25, -0.2) is 0 Å². The molecule has 36 heavy (non-hydrogen) atoms. The van der Waals surface area contributed by atoms with Gasteiger partial charge in [-0.1, -0.05) is 60.7 Å². The molecule has 0 heterocycles. The monoisotopic (exact) mass is 498 g/mol. The van der Waals surface area contributed by atoms with Crippen molar-refractivity contribution in [2.24, 2.45) is 5.92 Å². The van der Waals surface area contributed by atoms with Crippen LogP contribution in [0.3, 0.4) is 0 Å². The summed E-state index contributed by atoms with van der Waals surface area (Å²) in [5.41, 5.74) is 2.51. The van der Waals surface area contributed by atoms with Gasteiger partial charge in [-0.15, -0.1) is 0 Å². The zero-order chi connectivity index (χ0) is 26.8. The standard InChI is InChI=1S/C17H24O4.C13H18O2/c1-13(18)15(10-12-17(19)21-3)16(20-2)11-9-14-7-5-4-6-8-14;1-11(14)10-13(15-2)9-8-12-6-4-3-5-7-12/h4-8,15-16H,9-12H2,1-3H3;3-7,13H,8-10H2,1-2H3. The molecular weight excluding hydrogens is 456 g/mol. The van der Waals surface area contributed by atoms with Crippen molar-refractivity contribution in [1.82, 2.24) is 0 Å². The Hall–Kier alpha value is -2.83. The Kier molecular flexibility index (Phi) is 16.0. The lowest BCUT2D eigenvalue weighted by Crippen LogP contribution is -2.30. The number of rotatable bonds is 15. The molecule has 0 aliphatic carbocycles. The minimum absolute atomic E-state index is 0.0545. The van der Waals surface area contributed by atoms with Crippen molar-refractivity contribution in [1.29, 1.82) is 0 Å². The summed E-state index contributed by atoms with van der Waals surface area (Å²) in [5.74, 6) is -0.314. The van der Waals surface area contributed by atoms with Gasteiger partial charge in [0.15, 0.2) is 0 Å². The molecule has 6 heteroatoms. The van der Waals surface area contributed by atoms with Crippen LogP contribution in [0.15, 0.2) is 60.7 Å². The van der Waals surface area contributed by atoms with Gasteiger partial charge in [-0.05, 0) is 57.1 Å². The lowest BCUT2D eigenvalue weighted by molar-refractivity contribution is -0.141. The van der Waals surface area contributed by atoms with E-state index < -0.39 is 0 Å². The molecule has 6 nitrogen and oxygen atoms in total. The Morgan fingerprint density at radius 2 is 1.25 bits per heavy atom.